The van der Waals surface area contributed by atoms with Crippen molar-refractivity contribution in [2.45, 2.75) is 40.2 Å². The number of hydrogen-bond donors (Lipinski definition) is 2. The van der Waals surface area contributed by atoms with Gasteiger partial charge < -0.3 is 10.6 Å². The maximum atomic E-state index is 12.3. The van der Waals surface area contributed by atoms with E-state index in [1.54, 1.807) is 30.3 Å². The normalized spacial score (nSPS) is 11.2. The van der Waals surface area contributed by atoms with E-state index < -0.39 is 0 Å². The van der Waals surface area contributed by atoms with E-state index >= 15 is 0 Å². The Bertz CT molecular complexity index is 724. The first-order valence-electron chi connectivity index (χ1n) is 7.43. The molecular formula is C17H22N4O2. The van der Waals surface area contributed by atoms with E-state index in [1.165, 1.54) is 6.92 Å². The fourth-order valence-electron chi connectivity index (χ4n) is 2.30. The lowest BCUT2D eigenvalue weighted by Crippen LogP contribution is -2.25. The Balaban J connectivity index is 2.12. The molecule has 122 valence electrons. The van der Waals surface area contributed by atoms with Crippen LogP contribution in [0.2, 0.25) is 0 Å². The molecule has 0 saturated heterocycles. The van der Waals surface area contributed by atoms with Crippen LogP contribution in [0.5, 0.6) is 0 Å². The first-order valence-corrected chi connectivity index (χ1v) is 7.43. The summed E-state index contributed by atoms with van der Waals surface area (Å²) < 4.78 is 1.84. The van der Waals surface area contributed by atoms with Crippen molar-refractivity contribution >= 4 is 23.2 Å². The van der Waals surface area contributed by atoms with Crippen LogP contribution in [0.1, 0.15) is 43.9 Å². The molecule has 1 aromatic heterocycles. The third kappa shape index (κ3) is 4.18. The van der Waals surface area contributed by atoms with Crippen molar-refractivity contribution in [3.63, 3.8) is 0 Å². The Morgan fingerprint density at radius 2 is 1.57 bits per heavy atom. The Hall–Kier alpha value is -2.63. The van der Waals surface area contributed by atoms with E-state index in [-0.39, 0.29) is 17.4 Å². The predicted molar refractivity (Wildman–Crippen MR) is 90.7 cm³/mol. The number of rotatable bonds is 3. The minimum Gasteiger partial charge on any atom is -0.326 e. The van der Waals surface area contributed by atoms with E-state index in [0.717, 1.165) is 5.69 Å². The van der Waals surface area contributed by atoms with Gasteiger partial charge in [0.15, 0.2) is 5.69 Å². The highest BCUT2D eigenvalue weighted by Gasteiger charge is 2.20. The molecule has 6 heteroatoms. The molecule has 2 amide bonds. The highest BCUT2D eigenvalue weighted by Crippen LogP contribution is 2.18. The number of amides is 2. The summed E-state index contributed by atoms with van der Waals surface area (Å²) in [5.41, 5.74) is 2.46. The van der Waals surface area contributed by atoms with Crippen molar-refractivity contribution in [2.75, 3.05) is 10.6 Å². The third-order valence-electron chi connectivity index (χ3n) is 3.22. The summed E-state index contributed by atoms with van der Waals surface area (Å²) in [6.45, 7) is 9.49. The van der Waals surface area contributed by atoms with Crippen molar-refractivity contribution < 1.29 is 9.59 Å². The molecule has 2 rings (SSSR count). The van der Waals surface area contributed by atoms with Crippen molar-refractivity contribution in [3.8, 4) is 0 Å². The third-order valence-corrected chi connectivity index (χ3v) is 3.22. The average Bonchev–Trinajstić information content (AvgIpc) is 2.82. The molecular weight excluding hydrogens is 292 g/mol. The molecule has 0 unspecified atom stereocenters. The molecule has 2 aromatic rings. The zero-order chi connectivity index (χ0) is 17.2. The SMILES string of the molecule is CC(=O)Nc1ccc(NC(=O)c2cc(C)n(C(C)(C)C)n2)cc1. The van der Waals surface area contributed by atoms with Gasteiger partial charge in [-0.3, -0.25) is 14.3 Å². The maximum absolute atomic E-state index is 12.3. The predicted octanol–water partition coefficient (Wildman–Crippen LogP) is 3.16. The van der Waals surface area contributed by atoms with Crippen LogP contribution in [-0.4, -0.2) is 21.6 Å². The van der Waals surface area contributed by atoms with E-state index in [9.17, 15) is 9.59 Å². The van der Waals surface area contributed by atoms with Crippen LogP contribution in [0.3, 0.4) is 0 Å². The van der Waals surface area contributed by atoms with Crippen LogP contribution in [-0.2, 0) is 10.3 Å². The van der Waals surface area contributed by atoms with Crippen LogP contribution >= 0.6 is 0 Å². The van der Waals surface area contributed by atoms with Gasteiger partial charge in [-0.2, -0.15) is 5.10 Å². The highest BCUT2D eigenvalue weighted by atomic mass is 16.2. The molecule has 1 heterocycles. The maximum Gasteiger partial charge on any atom is 0.276 e. The molecule has 0 saturated carbocycles. The van der Waals surface area contributed by atoms with Gasteiger partial charge in [-0.1, -0.05) is 0 Å². The fraction of sp³-hybridized carbons (Fsp3) is 0.353. The zero-order valence-corrected chi connectivity index (χ0v) is 14.1. The molecule has 0 fully saturated rings. The van der Waals surface area contributed by atoms with Crippen molar-refractivity contribution in [1.29, 1.82) is 0 Å². The highest BCUT2D eigenvalue weighted by molar-refractivity contribution is 6.03. The zero-order valence-electron chi connectivity index (χ0n) is 14.1. The number of hydrogen-bond acceptors (Lipinski definition) is 3. The van der Waals surface area contributed by atoms with Gasteiger partial charge >= 0.3 is 0 Å². The average molecular weight is 314 g/mol. The molecule has 0 aliphatic carbocycles. The number of benzene rings is 1. The van der Waals surface area contributed by atoms with Gasteiger partial charge in [0.25, 0.3) is 5.91 Å². The molecule has 0 aliphatic rings. The molecule has 23 heavy (non-hydrogen) atoms. The van der Waals surface area contributed by atoms with Crippen LogP contribution in [0.15, 0.2) is 30.3 Å². The van der Waals surface area contributed by atoms with Crippen molar-refractivity contribution in [1.82, 2.24) is 9.78 Å². The van der Waals surface area contributed by atoms with E-state index in [2.05, 4.69) is 15.7 Å². The summed E-state index contributed by atoms with van der Waals surface area (Å²) in [6.07, 6.45) is 0. The van der Waals surface area contributed by atoms with Crippen LogP contribution in [0.4, 0.5) is 11.4 Å². The molecule has 0 aliphatic heterocycles. The molecule has 2 N–H and O–H groups in total. The van der Waals surface area contributed by atoms with Gasteiger partial charge in [0.05, 0.1) is 5.54 Å². The van der Waals surface area contributed by atoms with Crippen molar-refractivity contribution in [3.05, 3.63) is 41.7 Å². The minimum absolute atomic E-state index is 0.134. The summed E-state index contributed by atoms with van der Waals surface area (Å²) in [6, 6.07) is 8.70. The molecule has 0 bridgehead atoms. The largest absolute Gasteiger partial charge is 0.326 e. The minimum atomic E-state index is -0.261. The molecule has 0 spiro atoms. The van der Waals surface area contributed by atoms with Gasteiger partial charge in [-0.15, -0.1) is 0 Å². The first-order chi connectivity index (χ1) is 10.7. The Kier molecular flexibility index (Phi) is 4.54. The Morgan fingerprint density at radius 1 is 1.04 bits per heavy atom. The van der Waals surface area contributed by atoms with Gasteiger partial charge in [-0.05, 0) is 58.0 Å². The number of carbonyl (C=O) groups is 2. The van der Waals surface area contributed by atoms with E-state index in [1.807, 2.05) is 32.4 Å². The lowest BCUT2D eigenvalue weighted by molar-refractivity contribution is -0.114. The van der Waals surface area contributed by atoms with Gasteiger partial charge in [0.2, 0.25) is 5.91 Å². The molecule has 0 radical (unpaired) electrons. The second kappa shape index (κ2) is 6.24. The monoisotopic (exact) mass is 314 g/mol. The van der Waals surface area contributed by atoms with Crippen LogP contribution in [0.25, 0.3) is 0 Å². The Morgan fingerprint density at radius 3 is 2.00 bits per heavy atom. The van der Waals surface area contributed by atoms with Gasteiger partial charge in [0.1, 0.15) is 0 Å². The molecule has 1 aromatic carbocycles. The summed E-state index contributed by atoms with van der Waals surface area (Å²) >= 11 is 0. The number of carbonyl (C=O) groups excluding carboxylic acids is 2. The number of nitrogens with zero attached hydrogens (tertiary/aromatic N) is 2. The van der Waals surface area contributed by atoms with Crippen LogP contribution in [0, 0.1) is 6.92 Å². The lowest BCUT2D eigenvalue weighted by atomic mass is 10.1. The summed E-state index contributed by atoms with van der Waals surface area (Å²) in [7, 11) is 0. The Labute approximate surface area is 135 Å². The second-order valence-electron chi connectivity index (χ2n) is 6.47. The standard InChI is InChI=1S/C17H22N4O2/c1-11-10-15(20-21(11)17(3,4)5)16(23)19-14-8-6-13(7-9-14)18-12(2)22/h6-10H,1-5H3,(H,18,22)(H,19,23). The number of nitrogens with one attached hydrogen (secondary N) is 2. The molecule has 6 nitrogen and oxygen atoms in total. The van der Waals surface area contributed by atoms with Gasteiger partial charge in [-0.25, -0.2) is 0 Å². The summed E-state index contributed by atoms with van der Waals surface area (Å²) in [5, 5.41) is 9.86. The second-order valence-corrected chi connectivity index (χ2v) is 6.47. The number of aromatic nitrogens is 2. The summed E-state index contributed by atoms with van der Waals surface area (Å²) in [5.74, 6) is -0.395. The summed E-state index contributed by atoms with van der Waals surface area (Å²) in [4.78, 5) is 23.3. The number of aryl methyl sites for hydroxylation is 1. The van der Waals surface area contributed by atoms with Gasteiger partial charge in [0, 0.05) is 24.0 Å². The first kappa shape index (κ1) is 16.7. The lowest BCUT2D eigenvalue weighted by Gasteiger charge is -2.21. The van der Waals surface area contributed by atoms with E-state index in [4.69, 9.17) is 0 Å². The molecule has 0 atom stereocenters. The van der Waals surface area contributed by atoms with Crippen molar-refractivity contribution in [2.24, 2.45) is 0 Å². The smallest absolute Gasteiger partial charge is 0.276 e. The fourth-order valence-corrected chi connectivity index (χ4v) is 2.30. The number of anilines is 2. The van der Waals surface area contributed by atoms with Crippen LogP contribution < -0.4 is 10.6 Å². The topological polar surface area (TPSA) is 76.0 Å². The van der Waals surface area contributed by atoms with E-state index in [0.29, 0.717) is 17.1 Å². The quantitative estimate of drug-likeness (QED) is 0.913.